The van der Waals surface area contributed by atoms with Crippen molar-refractivity contribution in [3.63, 3.8) is 0 Å². The quantitative estimate of drug-likeness (QED) is 0.641. The molecule has 7 nitrogen and oxygen atoms in total. The van der Waals surface area contributed by atoms with Gasteiger partial charge in [-0.3, -0.25) is 14.8 Å². The average Bonchev–Trinajstić information content (AvgIpc) is 2.97. The molecule has 1 heterocycles. The minimum Gasteiger partial charge on any atom is -0.346 e. The van der Waals surface area contributed by atoms with Crippen molar-refractivity contribution in [3.05, 3.63) is 16.3 Å². The first-order valence-corrected chi connectivity index (χ1v) is 6.73. The molecule has 0 spiro atoms. The smallest absolute Gasteiger partial charge is 0.330 e. The zero-order valence-corrected chi connectivity index (χ0v) is 11.5. The highest BCUT2D eigenvalue weighted by Crippen LogP contribution is 2.35. The van der Waals surface area contributed by atoms with Gasteiger partial charge in [-0.1, -0.05) is 6.42 Å². The molecule has 0 aromatic carbocycles. The van der Waals surface area contributed by atoms with Crippen molar-refractivity contribution in [2.75, 3.05) is 18.0 Å². The fraction of sp³-hybridized carbons (Fsp3) is 0.750. The summed E-state index contributed by atoms with van der Waals surface area (Å²) in [4.78, 5) is 12.8. The zero-order valence-electron chi connectivity index (χ0n) is 11.5. The summed E-state index contributed by atoms with van der Waals surface area (Å²) in [7, 11) is 1.71. The van der Waals surface area contributed by atoms with Crippen LogP contribution in [0.4, 0.5) is 11.5 Å². The van der Waals surface area contributed by atoms with Crippen LogP contribution in [-0.2, 0) is 7.05 Å². The molecular formula is C12H21N5O2. The molecule has 1 saturated carbocycles. The fourth-order valence-electron chi connectivity index (χ4n) is 3.04. The van der Waals surface area contributed by atoms with E-state index in [1.165, 1.54) is 10.9 Å². The molecule has 1 aromatic heterocycles. The number of nitrogens with zero attached hydrogens (tertiary/aromatic N) is 4. The molecular weight excluding hydrogens is 246 g/mol. The lowest BCUT2D eigenvalue weighted by molar-refractivity contribution is -0.384. The van der Waals surface area contributed by atoms with Crippen LogP contribution in [0.1, 0.15) is 26.2 Å². The highest BCUT2D eigenvalue weighted by Gasteiger charge is 2.35. The maximum Gasteiger partial charge on any atom is 0.330 e. The van der Waals surface area contributed by atoms with E-state index in [0.717, 1.165) is 19.3 Å². The largest absolute Gasteiger partial charge is 0.346 e. The lowest BCUT2D eigenvalue weighted by Crippen LogP contribution is -2.41. The van der Waals surface area contributed by atoms with E-state index in [0.29, 0.717) is 24.8 Å². The molecule has 1 aliphatic carbocycles. The maximum absolute atomic E-state index is 11.1. The van der Waals surface area contributed by atoms with Crippen LogP contribution in [-0.4, -0.2) is 33.8 Å². The molecule has 0 saturated heterocycles. The van der Waals surface area contributed by atoms with Crippen LogP contribution in [0.15, 0.2) is 6.20 Å². The van der Waals surface area contributed by atoms with E-state index >= 15 is 0 Å². The van der Waals surface area contributed by atoms with E-state index < -0.39 is 0 Å². The second kappa shape index (κ2) is 5.56. The number of aryl methyl sites for hydroxylation is 1. The van der Waals surface area contributed by atoms with Crippen LogP contribution in [0.5, 0.6) is 0 Å². The van der Waals surface area contributed by atoms with E-state index in [2.05, 4.69) is 5.10 Å². The van der Waals surface area contributed by atoms with Gasteiger partial charge in [0, 0.05) is 19.6 Å². The summed E-state index contributed by atoms with van der Waals surface area (Å²) in [6, 6.07) is 0.267. The summed E-state index contributed by atoms with van der Waals surface area (Å²) in [6.45, 7) is 3.34. The number of aromatic nitrogens is 2. The molecule has 1 aromatic rings. The van der Waals surface area contributed by atoms with Crippen LogP contribution in [0.2, 0.25) is 0 Å². The van der Waals surface area contributed by atoms with Gasteiger partial charge in [-0.25, -0.2) is 0 Å². The molecule has 2 unspecified atom stereocenters. The second-order valence-corrected chi connectivity index (χ2v) is 5.05. The molecule has 2 atom stereocenters. The first kappa shape index (κ1) is 13.8. The van der Waals surface area contributed by atoms with E-state index in [9.17, 15) is 10.1 Å². The summed E-state index contributed by atoms with van der Waals surface area (Å²) in [5.74, 6) is 0.877. The third kappa shape index (κ3) is 2.56. The molecule has 0 bridgehead atoms. The van der Waals surface area contributed by atoms with Gasteiger partial charge in [-0.05, 0) is 32.2 Å². The number of nitro groups is 1. The number of rotatable bonds is 5. The van der Waals surface area contributed by atoms with Crippen molar-refractivity contribution in [2.45, 2.75) is 32.2 Å². The van der Waals surface area contributed by atoms with Crippen LogP contribution in [0.3, 0.4) is 0 Å². The summed E-state index contributed by atoms with van der Waals surface area (Å²) >= 11 is 0. The van der Waals surface area contributed by atoms with Crippen molar-refractivity contribution in [1.82, 2.24) is 9.78 Å². The van der Waals surface area contributed by atoms with E-state index in [4.69, 9.17) is 5.73 Å². The van der Waals surface area contributed by atoms with Gasteiger partial charge < -0.3 is 10.6 Å². The van der Waals surface area contributed by atoms with Gasteiger partial charge in [0.15, 0.2) is 0 Å². The second-order valence-electron chi connectivity index (χ2n) is 5.05. The van der Waals surface area contributed by atoms with Crippen molar-refractivity contribution < 1.29 is 4.92 Å². The summed E-state index contributed by atoms with van der Waals surface area (Å²) in [5, 5.41) is 15.4. The average molecular weight is 267 g/mol. The van der Waals surface area contributed by atoms with Gasteiger partial charge in [0.25, 0.3) is 0 Å². The zero-order chi connectivity index (χ0) is 14.0. The Kier molecular flexibility index (Phi) is 4.04. The monoisotopic (exact) mass is 267 g/mol. The predicted molar refractivity (Wildman–Crippen MR) is 73.1 cm³/mol. The Hall–Kier alpha value is -1.63. The van der Waals surface area contributed by atoms with Gasteiger partial charge in [-0.2, -0.15) is 0 Å². The SMILES string of the molecule is CCN(c1nn(C)cc1[N+](=O)[O-])C1CCCC1CN. The Morgan fingerprint density at radius 3 is 2.95 bits per heavy atom. The van der Waals surface area contributed by atoms with Crippen LogP contribution >= 0.6 is 0 Å². The summed E-state index contributed by atoms with van der Waals surface area (Å²) in [6.07, 6.45) is 4.72. The minimum atomic E-state index is -0.364. The Bertz CT molecular complexity index is 459. The number of anilines is 1. The maximum atomic E-state index is 11.1. The predicted octanol–water partition coefficient (Wildman–Crippen LogP) is 1.28. The third-order valence-electron chi connectivity index (χ3n) is 3.92. The third-order valence-corrected chi connectivity index (χ3v) is 3.92. The topological polar surface area (TPSA) is 90.2 Å². The standard InChI is InChI=1S/C12H21N5O2/c1-3-16(10-6-4-5-9(10)7-13)12-11(17(18)19)8-15(2)14-12/h8-10H,3-7,13H2,1-2H3. The molecule has 7 heteroatoms. The molecule has 0 aliphatic heterocycles. The first-order chi connectivity index (χ1) is 9.08. The van der Waals surface area contributed by atoms with Crippen molar-refractivity contribution in [2.24, 2.45) is 18.7 Å². The highest BCUT2D eigenvalue weighted by atomic mass is 16.6. The van der Waals surface area contributed by atoms with E-state index in [1.807, 2.05) is 11.8 Å². The molecule has 1 fully saturated rings. The molecule has 0 radical (unpaired) electrons. The van der Waals surface area contributed by atoms with Gasteiger partial charge >= 0.3 is 5.69 Å². The van der Waals surface area contributed by atoms with Crippen LogP contribution < -0.4 is 10.6 Å². The van der Waals surface area contributed by atoms with E-state index in [1.54, 1.807) is 7.05 Å². The van der Waals surface area contributed by atoms with E-state index in [-0.39, 0.29) is 16.7 Å². The normalized spacial score (nSPS) is 22.7. The summed E-state index contributed by atoms with van der Waals surface area (Å²) < 4.78 is 1.50. The van der Waals surface area contributed by atoms with Crippen molar-refractivity contribution >= 4 is 11.5 Å². The number of nitrogens with two attached hydrogens (primary N) is 1. The van der Waals surface area contributed by atoms with Gasteiger partial charge in [0.2, 0.25) is 5.82 Å². The van der Waals surface area contributed by atoms with Crippen LogP contribution in [0, 0.1) is 16.0 Å². The van der Waals surface area contributed by atoms with Gasteiger partial charge in [0.1, 0.15) is 6.20 Å². The molecule has 19 heavy (non-hydrogen) atoms. The summed E-state index contributed by atoms with van der Waals surface area (Å²) in [5.41, 5.74) is 5.89. The highest BCUT2D eigenvalue weighted by molar-refractivity contribution is 5.57. The Morgan fingerprint density at radius 2 is 2.37 bits per heavy atom. The van der Waals surface area contributed by atoms with Crippen molar-refractivity contribution in [1.29, 1.82) is 0 Å². The Morgan fingerprint density at radius 1 is 1.63 bits per heavy atom. The number of hydrogen-bond donors (Lipinski definition) is 1. The number of hydrogen-bond acceptors (Lipinski definition) is 5. The molecule has 1 aliphatic rings. The van der Waals surface area contributed by atoms with Gasteiger partial charge in [-0.15, -0.1) is 5.10 Å². The molecule has 0 amide bonds. The Labute approximate surface area is 112 Å². The first-order valence-electron chi connectivity index (χ1n) is 6.73. The lowest BCUT2D eigenvalue weighted by atomic mass is 10.0. The lowest BCUT2D eigenvalue weighted by Gasteiger charge is -2.31. The molecule has 2 N–H and O–H groups in total. The van der Waals surface area contributed by atoms with Crippen molar-refractivity contribution in [3.8, 4) is 0 Å². The molecule has 106 valence electrons. The Balaban J connectivity index is 2.34. The minimum absolute atomic E-state index is 0.0759. The molecule has 2 rings (SSSR count). The van der Waals surface area contributed by atoms with Gasteiger partial charge in [0.05, 0.1) is 4.92 Å². The fourth-order valence-corrected chi connectivity index (χ4v) is 3.04. The van der Waals surface area contributed by atoms with Crippen LogP contribution in [0.25, 0.3) is 0 Å².